The van der Waals surface area contributed by atoms with E-state index in [1.54, 1.807) is 7.11 Å². The minimum atomic E-state index is -0.286. The van der Waals surface area contributed by atoms with Crippen molar-refractivity contribution >= 4 is 17.4 Å². The average Bonchev–Trinajstić information content (AvgIpc) is 2.47. The minimum Gasteiger partial charge on any atom is -0.495 e. The molecule has 122 valence electrons. The Labute approximate surface area is 137 Å². The van der Waals surface area contributed by atoms with Crippen molar-refractivity contribution in [2.45, 2.75) is 33.1 Å². The van der Waals surface area contributed by atoms with Gasteiger partial charge in [0.1, 0.15) is 5.75 Å². The van der Waals surface area contributed by atoms with E-state index in [0.717, 1.165) is 16.8 Å². The van der Waals surface area contributed by atoms with Crippen LogP contribution >= 0.6 is 0 Å². The Morgan fingerprint density at radius 1 is 1.00 bits per heavy atom. The summed E-state index contributed by atoms with van der Waals surface area (Å²) < 4.78 is 5.29. The number of hydrogen-bond donors (Lipinski definition) is 2. The molecule has 0 aliphatic heterocycles. The highest BCUT2D eigenvalue weighted by atomic mass is 16.5. The summed E-state index contributed by atoms with van der Waals surface area (Å²) >= 11 is 0. The molecular weight excluding hydrogens is 288 g/mol. The maximum atomic E-state index is 12.4. The molecule has 0 saturated carbocycles. The van der Waals surface area contributed by atoms with E-state index in [0.29, 0.717) is 11.4 Å². The molecule has 23 heavy (non-hydrogen) atoms. The molecule has 0 atom stereocenters. The molecule has 4 nitrogen and oxygen atoms in total. The Morgan fingerprint density at radius 2 is 1.65 bits per heavy atom. The second kappa shape index (κ2) is 6.73. The Bertz CT molecular complexity index is 703. The average molecular weight is 312 g/mol. The molecule has 0 saturated heterocycles. The summed E-state index contributed by atoms with van der Waals surface area (Å²) in [5.41, 5.74) is 3.55. The number of rotatable bonds is 3. The molecular formula is C19H24N2O2. The Morgan fingerprint density at radius 3 is 2.30 bits per heavy atom. The van der Waals surface area contributed by atoms with Crippen molar-refractivity contribution in [2.24, 2.45) is 0 Å². The summed E-state index contributed by atoms with van der Waals surface area (Å²) in [4.78, 5) is 12.4. The van der Waals surface area contributed by atoms with E-state index in [-0.39, 0.29) is 11.4 Å². The van der Waals surface area contributed by atoms with E-state index in [4.69, 9.17) is 4.74 Å². The van der Waals surface area contributed by atoms with Crippen molar-refractivity contribution < 1.29 is 9.53 Å². The second-order valence-corrected chi connectivity index (χ2v) is 6.58. The third-order valence-corrected chi connectivity index (χ3v) is 3.59. The van der Waals surface area contributed by atoms with Gasteiger partial charge < -0.3 is 15.4 Å². The summed E-state index contributed by atoms with van der Waals surface area (Å²) in [6.07, 6.45) is 0. The molecule has 2 amide bonds. The molecule has 0 unspecified atom stereocenters. The molecule has 0 radical (unpaired) electrons. The van der Waals surface area contributed by atoms with Gasteiger partial charge in [-0.05, 0) is 41.7 Å². The van der Waals surface area contributed by atoms with Gasteiger partial charge in [0.2, 0.25) is 0 Å². The summed E-state index contributed by atoms with van der Waals surface area (Å²) in [6, 6.07) is 13.2. The summed E-state index contributed by atoms with van der Waals surface area (Å²) in [5, 5.41) is 5.79. The summed E-state index contributed by atoms with van der Waals surface area (Å²) in [6.45, 7) is 8.33. The van der Waals surface area contributed by atoms with Crippen molar-refractivity contribution in [3.8, 4) is 5.75 Å². The highest BCUT2D eigenvalue weighted by Crippen LogP contribution is 2.30. The maximum absolute atomic E-state index is 12.4. The molecule has 4 heteroatoms. The largest absolute Gasteiger partial charge is 0.495 e. The molecule has 0 heterocycles. The van der Waals surface area contributed by atoms with Gasteiger partial charge in [0, 0.05) is 5.69 Å². The van der Waals surface area contributed by atoms with Crippen LogP contribution in [0, 0.1) is 6.92 Å². The van der Waals surface area contributed by atoms with Gasteiger partial charge in [-0.1, -0.05) is 45.0 Å². The lowest BCUT2D eigenvalue weighted by molar-refractivity contribution is 0.262. The van der Waals surface area contributed by atoms with Gasteiger partial charge in [0.25, 0.3) is 0 Å². The van der Waals surface area contributed by atoms with Crippen molar-refractivity contribution in [3.63, 3.8) is 0 Å². The lowest BCUT2D eigenvalue weighted by Gasteiger charge is -2.23. The Kier molecular flexibility index (Phi) is 4.94. The fourth-order valence-corrected chi connectivity index (χ4v) is 2.44. The van der Waals surface area contributed by atoms with Crippen LogP contribution in [0.3, 0.4) is 0 Å². The number of amides is 2. The van der Waals surface area contributed by atoms with Gasteiger partial charge in [-0.3, -0.25) is 0 Å². The molecule has 0 fully saturated rings. The van der Waals surface area contributed by atoms with E-state index in [1.165, 1.54) is 0 Å². The topological polar surface area (TPSA) is 50.4 Å². The first-order valence-corrected chi connectivity index (χ1v) is 7.63. The number of methoxy groups -OCH3 is 1. The van der Waals surface area contributed by atoms with Gasteiger partial charge in [-0.2, -0.15) is 0 Å². The predicted octanol–water partition coefficient (Wildman–Crippen LogP) is 4.95. The number of nitrogens with one attached hydrogen (secondary N) is 2. The number of aryl methyl sites for hydroxylation is 1. The zero-order valence-corrected chi connectivity index (χ0v) is 14.4. The van der Waals surface area contributed by atoms with Gasteiger partial charge in [-0.15, -0.1) is 0 Å². The Balaban J connectivity index is 2.20. The number of para-hydroxylation sites is 1. The molecule has 2 rings (SSSR count). The van der Waals surface area contributed by atoms with Gasteiger partial charge in [0.05, 0.1) is 12.8 Å². The van der Waals surface area contributed by atoms with E-state index >= 15 is 0 Å². The first-order valence-electron chi connectivity index (χ1n) is 7.63. The van der Waals surface area contributed by atoms with Crippen LogP contribution in [0.25, 0.3) is 0 Å². The molecule has 2 N–H and O–H groups in total. The maximum Gasteiger partial charge on any atom is 0.323 e. The van der Waals surface area contributed by atoms with Crippen LogP contribution in [0.15, 0.2) is 42.5 Å². The molecule has 0 aliphatic rings. The molecule has 0 aromatic heterocycles. The lowest BCUT2D eigenvalue weighted by atomic mass is 9.86. The lowest BCUT2D eigenvalue weighted by Crippen LogP contribution is -2.23. The van der Waals surface area contributed by atoms with E-state index in [9.17, 15) is 4.79 Å². The van der Waals surface area contributed by atoms with Gasteiger partial charge >= 0.3 is 6.03 Å². The molecule has 0 spiro atoms. The predicted molar refractivity (Wildman–Crippen MR) is 95.5 cm³/mol. The molecule has 2 aromatic rings. The Hall–Kier alpha value is -2.49. The number of anilines is 2. The number of carbonyl (C=O) groups excluding carboxylic acids is 1. The number of benzene rings is 2. The second-order valence-electron chi connectivity index (χ2n) is 6.58. The van der Waals surface area contributed by atoms with Crippen LogP contribution in [-0.4, -0.2) is 13.1 Å². The first-order chi connectivity index (χ1) is 10.8. The van der Waals surface area contributed by atoms with Crippen molar-refractivity contribution in [1.82, 2.24) is 0 Å². The van der Waals surface area contributed by atoms with Gasteiger partial charge in [0.15, 0.2) is 0 Å². The first kappa shape index (κ1) is 16.9. The number of carbonyl (C=O) groups is 1. The van der Waals surface area contributed by atoms with Crippen molar-refractivity contribution in [3.05, 3.63) is 53.6 Å². The third-order valence-electron chi connectivity index (χ3n) is 3.59. The fraction of sp³-hybridized carbons (Fsp3) is 0.316. The zero-order valence-electron chi connectivity index (χ0n) is 14.4. The fourth-order valence-electron chi connectivity index (χ4n) is 2.44. The zero-order chi connectivity index (χ0) is 17.0. The number of ether oxygens (including phenoxy) is 1. The van der Waals surface area contributed by atoms with Crippen LogP contribution in [0.5, 0.6) is 5.75 Å². The highest BCUT2D eigenvalue weighted by Gasteiger charge is 2.18. The van der Waals surface area contributed by atoms with E-state index in [2.05, 4.69) is 31.4 Å². The monoisotopic (exact) mass is 312 g/mol. The third kappa shape index (κ3) is 4.25. The normalized spacial score (nSPS) is 11.0. The summed E-state index contributed by atoms with van der Waals surface area (Å²) in [7, 11) is 1.59. The smallest absolute Gasteiger partial charge is 0.323 e. The number of urea groups is 1. The molecule has 2 aromatic carbocycles. The van der Waals surface area contributed by atoms with E-state index in [1.807, 2.05) is 49.4 Å². The van der Waals surface area contributed by atoms with Crippen LogP contribution in [0.2, 0.25) is 0 Å². The van der Waals surface area contributed by atoms with Crippen molar-refractivity contribution in [2.75, 3.05) is 17.7 Å². The van der Waals surface area contributed by atoms with Crippen molar-refractivity contribution in [1.29, 1.82) is 0 Å². The van der Waals surface area contributed by atoms with E-state index < -0.39 is 0 Å². The molecule has 0 aliphatic carbocycles. The van der Waals surface area contributed by atoms with Crippen LogP contribution in [0.1, 0.15) is 31.9 Å². The van der Waals surface area contributed by atoms with Crippen LogP contribution in [0.4, 0.5) is 16.2 Å². The summed E-state index contributed by atoms with van der Waals surface area (Å²) in [5.74, 6) is 0.634. The highest BCUT2D eigenvalue weighted by molar-refractivity contribution is 6.01. The van der Waals surface area contributed by atoms with Gasteiger partial charge in [-0.25, -0.2) is 4.79 Å². The van der Waals surface area contributed by atoms with Crippen LogP contribution in [-0.2, 0) is 5.41 Å². The SMILES string of the molecule is COc1ccc(C)cc1NC(=O)Nc1ccccc1C(C)(C)C. The number of hydrogen-bond acceptors (Lipinski definition) is 2. The quantitative estimate of drug-likeness (QED) is 0.843. The molecule has 0 bridgehead atoms. The van der Waals surface area contributed by atoms with Crippen LogP contribution < -0.4 is 15.4 Å². The standard InChI is InChI=1S/C19H24N2O2/c1-13-10-11-17(23-5)16(12-13)21-18(22)20-15-9-7-6-8-14(15)19(2,3)4/h6-12H,1-5H3,(H2,20,21,22). The minimum absolute atomic E-state index is 0.0507.